The summed E-state index contributed by atoms with van der Waals surface area (Å²) in [6.45, 7) is 10.3. The predicted octanol–water partition coefficient (Wildman–Crippen LogP) is 5.47. The van der Waals surface area contributed by atoms with Crippen LogP contribution in [0.15, 0.2) is 42.7 Å². The Morgan fingerprint density at radius 1 is 1.16 bits per heavy atom. The van der Waals surface area contributed by atoms with Gasteiger partial charge in [-0.1, -0.05) is 19.9 Å². The number of rotatable bonds is 13. The predicted molar refractivity (Wildman–Crippen MR) is 169 cm³/mol. The summed E-state index contributed by atoms with van der Waals surface area (Å²) < 4.78 is 49.2. The SMILES string of the molecule is CCNP(=O)(NCC)OC(c1ccc(C(=O)N(C)CCc2nc(-c3ccncc3)sc2C)c(F)c1)P1(=O)N[C@@H](C)[C@H](C)N1. The lowest BCUT2D eigenvalue weighted by molar-refractivity contribution is 0.0791. The molecule has 3 atom stereocenters. The van der Waals surface area contributed by atoms with Crippen molar-refractivity contribution in [3.63, 3.8) is 0 Å². The molecular formula is C28H40FN7O4P2S. The average molecular weight is 652 g/mol. The van der Waals surface area contributed by atoms with Crippen LogP contribution in [0.5, 0.6) is 0 Å². The quantitative estimate of drug-likeness (QED) is 0.176. The number of likely N-dealkylation sites (N-methyl/N-ethyl adjacent to an activating group) is 1. The summed E-state index contributed by atoms with van der Waals surface area (Å²) in [6, 6.07) is 7.45. The van der Waals surface area contributed by atoms with E-state index in [1.165, 1.54) is 17.0 Å². The molecule has 0 saturated carbocycles. The zero-order valence-corrected chi connectivity index (χ0v) is 27.9. The molecule has 1 aromatic carbocycles. The standard InChI is InChI=1S/C28H40FN7O4P2S/c1-7-31-42(39,32-8-2)40-28(41(38)34-18(3)19(4)35-41)22-9-10-23(24(29)17-22)27(37)36(6)16-13-25-20(5)43-26(33-25)21-11-14-30-15-12-21/h9-12,14-15,17-19,28H,7-8,13,16H2,1-6H3,(H2,31,32,39)(H2,34,35,38)/t18-,19-,28?/m0/s1. The molecule has 0 bridgehead atoms. The first-order valence-electron chi connectivity index (χ1n) is 14.2. The molecule has 3 aromatic rings. The number of aromatic nitrogens is 2. The minimum absolute atomic E-state index is 0.133. The highest BCUT2D eigenvalue weighted by Crippen LogP contribution is 2.61. The van der Waals surface area contributed by atoms with Gasteiger partial charge in [-0.3, -0.25) is 23.4 Å². The fourth-order valence-electron chi connectivity index (χ4n) is 4.74. The molecule has 15 heteroatoms. The number of nitrogens with zero attached hydrogens (tertiary/aromatic N) is 3. The van der Waals surface area contributed by atoms with Gasteiger partial charge in [0.05, 0.1) is 11.3 Å². The van der Waals surface area contributed by atoms with Gasteiger partial charge < -0.3 is 4.90 Å². The maximum atomic E-state index is 15.6. The maximum Gasteiger partial charge on any atom is 0.341 e. The summed E-state index contributed by atoms with van der Waals surface area (Å²) in [7, 11) is -5.59. The molecule has 4 N–H and O–H groups in total. The number of carbonyl (C=O) groups excluding carboxylic acids is 1. The Morgan fingerprint density at radius 3 is 2.37 bits per heavy atom. The number of thiazole rings is 1. The minimum Gasteiger partial charge on any atom is -0.341 e. The van der Waals surface area contributed by atoms with E-state index >= 15 is 4.39 Å². The molecule has 1 saturated heterocycles. The smallest absolute Gasteiger partial charge is 0.341 e. The first kappa shape index (κ1) is 33.6. The van der Waals surface area contributed by atoms with E-state index in [-0.39, 0.29) is 23.2 Å². The Kier molecular flexibility index (Phi) is 11.1. The number of amides is 1. The Balaban J connectivity index is 1.54. The molecule has 1 fully saturated rings. The zero-order chi connectivity index (χ0) is 31.4. The molecule has 2 aromatic heterocycles. The summed E-state index contributed by atoms with van der Waals surface area (Å²) in [6.07, 6.45) is 3.94. The molecule has 43 heavy (non-hydrogen) atoms. The number of benzene rings is 1. The number of hydrogen-bond acceptors (Lipinski definition) is 7. The van der Waals surface area contributed by atoms with Gasteiger partial charge in [0, 0.05) is 68.0 Å². The fourth-order valence-corrected chi connectivity index (χ4v) is 10.7. The molecule has 0 radical (unpaired) electrons. The molecule has 1 amide bonds. The Bertz CT molecular complexity index is 1500. The molecular weight excluding hydrogens is 611 g/mol. The van der Waals surface area contributed by atoms with Crippen molar-refractivity contribution in [1.29, 1.82) is 0 Å². The Morgan fingerprint density at radius 2 is 1.79 bits per heavy atom. The highest BCUT2D eigenvalue weighted by molar-refractivity contribution is 7.61. The lowest BCUT2D eigenvalue weighted by Crippen LogP contribution is -2.30. The van der Waals surface area contributed by atoms with Crippen LogP contribution in [0.4, 0.5) is 4.39 Å². The fraction of sp³-hybridized carbons (Fsp3) is 0.464. The molecule has 1 aliphatic rings. The van der Waals surface area contributed by atoms with Gasteiger partial charge in [0.2, 0.25) is 7.44 Å². The van der Waals surface area contributed by atoms with E-state index in [0.29, 0.717) is 26.1 Å². The first-order chi connectivity index (χ1) is 20.4. The lowest BCUT2D eigenvalue weighted by atomic mass is 10.1. The second kappa shape index (κ2) is 14.2. The van der Waals surface area contributed by atoms with Crippen molar-refractivity contribution >= 4 is 32.4 Å². The van der Waals surface area contributed by atoms with Crippen molar-refractivity contribution in [2.75, 3.05) is 26.7 Å². The van der Waals surface area contributed by atoms with Crippen molar-refractivity contribution in [2.24, 2.45) is 0 Å². The maximum absolute atomic E-state index is 15.6. The molecule has 234 valence electrons. The number of halogens is 1. The van der Waals surface area contributed by atoms with Crippen molar-refractivity contribution in [1.82, 2.24) is 35.2 Å². The van der Waals surface area contributed by atoms with Crippen molar-refractivity contribution in [3.8, 4) is 10.6 Å². The van der Waals surface area contributed by atoms with Crippen molar-refractivity contribution in [3.05, 3.63) is 70.2 Å². The molecule has 3 heterocycles. The van der Waals surface area contributed by atoms with Crippen LogP contribution in [0.1, 0.15) is 60.0 Å². The van der Waals surface area contributed by atoms with Gasteiger partial charge >= 0.3 is 7.67 Å². The van der Waals surface area contributed by atoms with E-state index in [0.717, 1.165) is 27.2 Å². The van der Waals surface area contributed by atoms with Crippen LogP contribution in [0.25, 0.3) is 10.6 Å². The number of pyridine rings is 1. The topological polar surface area (TPSA) is 138 Å². The van der Waals surface area contributed by atoms with Gasteiger partial charge in [-0.05, 0) is 50.6 Å². The van der Waals surface area contributed by atoms with Crippen LogP contribution in [-0.4, -0.2) is 59.5 Å². The Labute approximate surface area is 256 Å². The third-order valence-corrected chi connectivity index (χ3v) is 13.1. The molecule has 11 nitrogen and oxygen atoms in total. The van der Waals surface area contributed by atoms with Crippen molar-refractivity contribution < 1.29 is 22.8 Å². The Hall–Kier alpha value is -2.34. The molecule has 0 aliphatic carbocycles. The van der Waals surface area contributed by atoms with E-state index in [1.54, 1.807) is 44.6 Å². The van der Waals surface area contributed by atoms with Crippen molar-refractivity contribution in [2.45, 2.75) is 59.0 Å². The third-order valence-electron chi connectivity index (χ3n) is 7.21. The molecule has 4 rings (SSSR count). The van der Waals surface area contributed by atoms with E-state index < -0.39 is 32.7 Å². The number of aryl methyl sites for hydroxylation is 1. The average Bonchev–Trinajstić information content (AvgIpc) is 3.47. The van der Waals surface area contributed by atoms with E-state index in [2.05, 4.69) is 25.3 Å². The summed E-state index contributed by atoms with van der Waals surface area (Å²) in [5, 5.41) is 12.6. The van der Waals surface area contributed by atoms with E-state index in [4.69, 9.17) is 9.51 Å². The van der Waals surface area contributed by atoms with Crippen LogP contribution >= 0.6 is 26.5 Å². The highest BCUT2D eigenvalue weighted by atomic mass is 32.1. The van der Waals surface area contributed by atoms with Crippen LogP contribution in [-0.2, 0) is 20.1 Å². The highest BCUT2D eigenvalue weighted by Gasteiger charge is 2.47. The van der Waals surface area contributed by atoms with Gasteiger partial charge in [-0.15, -0.1) is 11.3 Å². The van der Waals surface area contributed by atoms with E-state index in [1.807, 2.05) is 32.9 Å². The third kappa shape index (κ3) is 7.85. The van der Waals surface area contributed by atoms with Gasteiger partial charge in [0.1, 0.15) is 10.8 Å². The van der Waals surface area contributed by atoms with Gasteiger partial charge in [-0.2, -0.15) is 0 Å². The summed E-state index contributed by atoms with van der Waals surface area (Å²) in [5.41, 5.74) is 1.91. The number of carbonyl (C=O) groups is 1. The second-order valence-electron chi connectivity index (χ2n) is 10.5. The van der Waals surface area contributed by atoms with Crippen LogP contribution in [0.3, 0.4) is 0 Å². The number of nitrogens with one attached hydrogen (secondary N) is 4. The minimum atomic E-state index is -3.66. The number of hydrogen-bond donors (Lipinski definition) is 4. The molecule has 1 aliphatic heterocycles. The largest absolute Gasteiger partial charge is 0.341 e. The molecule has 0 spiro atoms. The summed E-state index contributed by atoms with van der Waals surface area (Å²) in [4.78, 5) is 24.6. The van der Waals surface area contributed by atoms with Gasteiger partial charge in [-0.25, -0.2) is 29.7 Å². The summed E-state index contributed by atoms with van der Waals surface area (Å²) in [5.74, 6) is -2.58. The lowest BCUT2D eigenvalue weighted by Gasteiger charge is -2.30. The normalized spacial score (nSPS) is 19.0. The van der Waals surface area contributed by atoms with Gasteiger partial charge in [0.15, 0.2) is 5.85 Å². The monoisotopic (exact) mass is 651 g/mol. The first-order valence-corrected chi connectivity index (χ1v) is 18.5. The summed E-state index contributed by atoms with van der Waals surface area (Å²) >= 11 is 1.57. The van der Waals surface area contributed by atoms with Crippen LogP contribution in [0, 0.1) is 12.7 Å². The second-order valence-corrected chi connectivity index (χ2v) is 16.0. The van der Waals surface area contributed by atoms with Gasteiger partial charge in [0.25, 0.3) is 5.91 Å². The molecule has 1 unspecified atom stereocenters. The zero-order valence-electron chi connectivity index (χ0n) is 25.3. The van der Waals surface area contributed by atoms with E-state index in [9.17, 15) is 13.9 Å². The van der Waals surface area contributed by atoms with Crippen LogP contribution in [0.2, 0.25) is 0 Å². The van der Waals surface area contributed by atoms with Crippen LogP contribution < -0.4 is 20.3 Å².